The molecule has 5 nitrogen and oxygen atoms in total. The largest absolute Gasteiger partial charge is 0.326 e. The molecule has 1 aromatic heterocycles. The molecular weight excluding hydrogens is 250 g/mol. The molecule has 0 aliphatic heterocycles. The van der Waals surface area contributed by atoms with Crippen LogP contribution in [0.25, 0.3) is 0 Å². The Morgan fingerprint density at radius 2 is 1.83 bits per heavy atom. The molecule has 1 aromatic rings. The quantitative estimate of drug-likeness (QED) is 0.789. The van der Waals surface area contributed by atoms with Crippen LogP contribution in [0, 0.1) is 6.92 Å². The van der Waals surface area contributed by atoms with Crippen molar-refractivity contribution in [1.82, 2.24) is 9.88 Å². The minimum Gasteiger partial charge on any atom is -0.325 e. The molecule has 0 saturated heterocycles. The lowest BCUT2D eigenvalue weighted by Gasteiger charge is -2.24. The van der Waals surface area contributed by atoms with Crippen LogP contribution in [-0.4, -0.2) is 41.8 Å². The standard InChI is InChI=1S/C12H19N3O2S/c1-6-15(7-2)12(17)14(5)11-13-8(3)10(18-11)9(4)16/h6-7H2,1-5H3. The topological polar surface area (TPSA) is 53.5 Å². The molecule has 18 heavy (non-hydrogen) atoms. The average Bonchev–Trinajstić information content (AvgIpc) is 2.71. The monoisotopic (exact) mass is 269 g/mol. The molecule has 0 aromatic carbocycles. The van der Waals surface area contributed by atoms with Gasteiger partial charge in [-0.1, -0.05) is 11.3 Å². The zero-order chi connectivity index (χ0) is 13.9. The number of ketones is 1. The Morgan fingerprint density at radius 3 is 2.22 bits per heavy atom. The summed E-state index contributed by atoms with van der Waals surface area (Å²) in [6, 6.07) is -0.0937. The highest BCUT2D eigenvalue weighted by Gasteiger charge is 2.21. The van der Waals surface area contributed by atoms with E-state index >= 15 is 0 Å². The van der Waals surface area contributed by atoms with Gasteiger partial charge in [-0.2, -0.15) is 0 Å². The zero-order valence-electron chi connectivity index (χ0n) is 11.5. The molecular formula is C12H19N3O2S. The molecule has 0 unspecified atom stereocenters. The van der Waals surface area contributed by atoms with Gasteiger partial charge < -0.3 is 4.90 Å². The van der Waals surface area contributed by atoms with Crippen molar-refractivity contribution in [2.24, 2.45) is 0 Å². The van der Waals surface area contributed by atoms with Crippen LogP contribution in [0.1, 0.15) is 36.1 Å². The fraction of sp³-hybridized carbons (Fsp3) is 0.583. The van der Waals surface area contributed by atoms with E-state index in [-0.39, 0.29) is 11.8 Å². The Hall–Kier alpha value is -1.43. The minimum absolute atomic E-state index is 0.0139. The Bertz CT molecular complexity index is 452. The summed E-state index contributed by atoms with van der Waals surface area (Å²) in [6.07, 6.45) is 0. The van der Waals surface area contributed by atoms with Gasteiger partial charge in [0.15, 0.2) is 10.9 Å². The van der Waals surface area contributed by atoms with Crippen molar-refractivity contribution < 1.29 is 9.59 Å². The maximum Gasteiger partial charge on any atom is 0.326 e. The van der Waals surface area contributed by atoms with Gasteiger partial charge in [0.1, 0.15) is 0 Å². The molecule has 0 spiro atoms. The van der Waals surface area contributed by atoms with E-state index in [0.717, 1.165) is 0 Å². The average molecular weight is 269 g/mol. The molecule has 0 atom stereocenters. The van der Waals surface area contributed by atoms with E-state index < -0.39 is 0 Å². The van der Waals surface area contributed by atoms with Crippen molar-refractivity contribution in [2.45, 2.75) is 27.7 Å². The first-order valence-corrected chi connectivity index (χ1v) is 6.74. The van der Waals surface area contributed by atoms with Crippen LogP contribution in [0.2, 0.25) is 0 Å². The maximum absolute atomic E-state index is 12.1. The van der Waals surface area contributed by atoms with Crippen molar-refractivity contribution in [3.8, 4) is 0 Å². The molecule has 0 fully saturated rings. The molecule has 0 bridgehead atoms. The van der Waals surface area contributed by atoms with Crippen molar-refractivity contribution >= 4 is 28.3 Å². The number of carbonyl (C=O) groups excluding carboxylic acids is 2. The zero-order valence-corrected chi connectivity index (χ0v) is 12.3. The van der Waals surface area contributed by atoms with Crippen LogP contribution >= 0.6 is 11.3 Å². The number of rotatable bonds is 4. The molecule has 0 aliphatic carbocycles. The highest BCUT2D eigenvalue weighted by molar-refractivity contribution is 7.17. The van der Waals surface area contributed by atoms with E-state index in [0.29, 0.717) is 28.8 Å². The number of hydrogen-bond donors (Lipinski definition) is 0. The number of aromatic nitrogens is 1. The lowest BCUT2D eigenvalue weighted by molar-refractivity contribution is 0.102. The summed E-state index contributed by atoms with van der Waals surface area (Å²) < 4.78 is 0. The van der Waals surface area contributed by atoms with Crippen LogP contribution in [-0.2, 0) is 0 Å². The van der Waals surface area contributed by atoms with Crippen LogP contribution in [0.5, 0.6) is 0 Å². The number of aryl methyl sites for hydroxylation is 1. The lowest BCUT2D eigenvalue weighted by atomic mass is 10.3. The molecule has 6 heteroatoms. The SMILES string of the molecule is CCN(CC)C(=O)N(C)c1nc(C)c(C(C)=O)s1. The van der Waals surface area contributed by atoms with Gasteiger partial charge in [0.2, 0.25) is 0 Å². The number of Topliss-reactive ketones (excluding diaryl/α,β-unsaturated/α-hetero) is 1. The Morgan fingerprint density at radius 1 is 1.28 bits per heavy atom. The number of carbonyl (C=O) groups is 2. The summed E-state index contributed by atoms with van der Waals surface area (Å²) >= 11 is 1.26. The fourth-order valence-corrected chi connectivity index (χ4v) is 2.56. The second-order valence-electron chi connectivity index (χ2n) is 3.98. The van der Waals surface area contributed by atoms with Crippen LogP contribution in [0.15, 0.2) is 0 Å². The lowest BCUT2D eigenvalue weighted by Crippen LogP contribution is -2.41. The third-order valence-electron chi connectivity index (χ3n) is 2.71. The van der Waals surface area contributed by atoms with E-state index in [9.17, 15) is 9.59 Å². The first kappa shape index (κ1) is 14.6. The van der Waals surface area contributed by atoms with E-state index in [4.69, 9.17) is 0 Å². The predicted octanol–water partition coefficient (Wildman–Crippen LogP) is 2.55. The maximum atomic E-state index is 12.1. The fourth-order valence-electron chi connectivity index (χ4n) is 1.64. The summed E-state index contributed by atoms with van der Waals surface area (Å²) in [5.74, 6) is -0.0139. The smallest absolute Gasteiger partial charge is 0.325 e. The van der Waals surface area contributed by atoms with Gasteiger partial charge in [0.25, 0.3) is 0 Å². The number of nitrogens with zero attached hydrogens (tertiary/aromatic N) is 3. The summed E-state index contributed by atoms with van der Waals surface area (Å²) in [5, 5.41) is 0.564. The van der Waals surface area contributed by atoms with Gasteiger partial charge >= 0.3 is 6.03 Å². The Labute approximate surface area is 111 Å². The van der Waals surface area contributed by atoms with Gasteiger partial charge in [-0.3, -0.25) is 9.69 Å². The summed E-state index contributed by atoms with van der Waals surface area (Å²) in [4.78, 5) is 31.6. The second-order valence-corrected chi connectivity index (χ2v) is 4.96. The second kappa shape index (κ2) is 5.95. The van der Waals surface area contributed by atoms with Crippen molar-refractivity contribution in [3.63, 3.8) is 0 Å². The number of hydrogen-bond acceptors (Lipinski definition) is 4. The van der Waals surface area contributed by atoms with Gasteiger partial charge in [-0.05, 0) is 20.8 Å². The third-order valence-corrected chi connectivity index (χ3v) is 4.05. The predicted molar refractivity (Wildman–Crippen MR) is 73.6 cm³/mol. The van der Waals surface area contributed by atoms with Crippen molar-refractivity contribution in [2.75, 3.05) is 25.0 Å². The highest BCUT2D eigenvalue weighted by Crippen LogP contribution is 2.26. The van der Waals surface area contributed by atoms with Crippen LogP contribution in [0.3, 0.4) is 0 Å². The summed E-state index contributed by atoms with van der Waals surface area (Å²) in [7, 11) is 1.68. The van der Waals surface area contributed by atoms with E-state index in [1.54, 1.807) is 18.9 Å². The van der Waals surface area contributed by atoms with E-state index in [2.05, 4.69) is 4.98 Å². The minimum atomic E-state index is -0.0937. The Balaban J connectivity index is 2.97. The third kappa shape index (κ3) is 2.87. The molecule has 2 amide bonds. The summed E-state index contributed by atoms with van der Waals surface area (Å²) in [5.41, 5.74) is 0.682. The number of anilines is 1. The number of thiazole rings is 1. The van der Waals surface area contributed by atoms with Crippen LogP contribution in [0.4, 0.5) is 9.93 Å². The molecule has 0 radical (unpaired) electrons. The van der Waals surface area contributed by atoms with Gasteiger partial charge in [0, 0.05) is 27.1 Å². The van der Waals surface area contributed by atoms with Crippen molar-refractivity contribution in [3.05, 3.63) is 10.6 Å². The van der Waals surface area contributed by atoms with E-state index in [1.807, 2.05) is 13.8 Å². The molecule has 1 rings (SSSR count). The normalized spacial score (nSPS) is 10.3. The molecule has 100 valence electrons. The molecule has 1 heterocycles. The van der Waals surface area contributed by atoms with E-state index in [1.165, 1.54) is 23.2 Å². The Kier molecular flexibility index (Phi) is 4.84. The van der Waals surface area contributed by atoms with Crippen molar-refractivity contribution in [1.29, 1.82) is 0 Å². The first-order valence-electron chi connectivity index (χ1n) is 5.93. The number of urea groups is 1. The molecule has 0 saturated carbocycles. The molecule has 0 aliphatic rings. The molecule has 0 N–H and O–H groups in total. The van der Waals surface area contributed by atoms with Gasteiger partial charge in [-0.25, -0.2) is 9.78 Å². The highest BCUT2D eigenvalue weighted by atomic mass is 32.1. The summed E-state index contributed by atoms with van der Waals surface area (Å²) in [6.45, 7) is 8.48. The first-order chi connectivity index (χ1) is 8.42. The van der Waals surface area contributed by atoms with Crippen LogP contribution < -0.4 is 4.90 Å². The van der Waals surface area contributed by atoms with Gasteiger partial charge in [-0.15, -0.1) is 0 Å². The number of amides is 2. The van der Waals surface area contributed by atoms with Gasteiger partial charge in [0.05, 0.1) is 10.6 Å².